The molecule has 2 aromatic rings. The Balaban J connectivity index is 2.10. The lowest BCUT2D eigenvalue weighted by atomic mass is 10.1. The van der Waals surface area contributed by atoms with E-state index in [-0.39, 0.29) is 40.1 Å². The molecule has 0 aliphatic carbocycles. The van der Waals surface area contributed by atoms with Gasteiger partial charge in [-0.2, -0.15) is 0 Å². The Bertz CT molecular complexity index is 1060. The number of amides is 1. The first-order valence-electron chi connectivity index (χ1n) is 8.18. The predicted octanol–water partition coefficient (Wildman–Crippen LogP) is 2.56. The third-order valence-electron chi connectivity index (χ3n) is 4.50. The van der Waals surface area contributed by atoms with E-state index in [4.69, 9.17) is 21.1 Å². The zero-order valence-corrected chi connectivity index (χ0v) is 16.9. The van der Waals surface area contributed by atoms with E-state index in [0.29, 0.717) is 11.1 Å². The first-order chi connectivity index (χ1) is 13.2. The smallest absolute Gasteiger partial charge is 0.258 e. The van der Waals surface area contributed by atoms with Crippen molar-refractivity contribution in [3.8, 4) is 11.5 Å². The van der Waals surface area contributed by atoms with Gasteiger partial charge in [-0.05, 0) is 24.7 Å². The number of hydrogen-bond donors (Lipinski definition) is 1. The number of halogens is 2. The largest absolute Gasteiger partial charge is 0.493 e. The predicted molar refractivity (Wildman–Crippen MR) is 101 cm³/mol. The summed E-state index contributed by atoms with van der Waals surface area (Å²) in [6, 6.07) is 5.48. The van der Waals surface area contributed by atoms with Crippen molar-refractivity contribution in [3.63, 3.8) is 0 Å². The average molecular weight is 429 g/mol. The van der Waals surface area contributed by atoms with Crippen LogP contribution in [0, 0.1) is 5.82 Å². The number of sulfonamides is 1. The van der Waals surface area contributed by atoms with Crippen LogP contribution in [0.1, 0.15) is 21.5 Å². The highest BCUT2D eigenvalue weighted by molar-refractivity contribution is 7.89. The number of fused-ring (bicyclic) bond motifs is 1. The van der Waals surface area contributed by atoms with Crippen LogP contribution in [-0.2, 0) is 23.1 Å². The number of hydrogen-bond acceptors (Lipinski definition) is 5. The number of nitrogens with one attached hydrogen (secondary N) is 1. The second-order valence-electron chi connectivity index (χ2n) is 6.08. The van der Waals surface area contributed by atoms with Crippen LogP contribution >= 0.6 is 11.6 Å². The molecule has 0 unspecified atom stereocenters. The lowest BCUT2D eigenvalue weighted by Gasteiger charge is -2.16. The molecule has 3 rings (SSSR count). The van der Waals surface area contributed by atoms with Crippen molar-refractivity contribution in [2.75, 3.05) is 21.3 Å². The van der Waals surface area contributed by atoms with Crippen LogP contribution in [-0.4, -0.2) is 40.5 Å². The van der Waals surface area contributed by atoms with E-state index in [2.05, 4.69) is 4.72 Å². The third-order valence-corrected chi connectivity index (χ3v) is 6.27. The second kappa shape index (κ2) is 7.57. The van der Waals surface area contributed by atoms with E-state index >= 15 is 0 Å². The number of methoxy groups -OCH3 is 2. The summed E-state index contributed by atoms with van der Waals surface area (Å²) in [5, 5.41) is -0.0561. The van der Waals surface area contributed by atoms with Gasteiger partial charge in [-0.15, -0.1) is 0 Å². The van der Waals surface area contributed by atoms with Gasteiger partial charge in [0.15, 0.2) is 11.5 Å². The molecule has 1 aliphatic heterocycles. The minimum absolute atomic E-state index is 0.0414. The molecule has 1 aliphatic rings. The molecule has 7 nitrogen and oxygen atoms in total. The van der Waals surface area contributed by atoms with Crippen molar-refractivity contribution < 1.29 is 27.1 Å². The summed E-state index contributed by atoms with van der Waals surface area (Å²) in [4.78, 5) is 14.4. The average Bonchev–Trinajstić information content (AvgIpc) is 2.99. The minimum atomic E-state index is -3.85. The summed E-state index contributed by atoms with van der Waals surface area (Å²) in [5.41, 5.74) is 1.05. The minimum Gasteiger partial charge on any atom is -0.493 e. The number of rotatable bonds is 6. The summed E-state index contributed by atoms with van der Waals surface area (Å²) in [6.07, 6.45) is 0. The van der Waals surface area contributed by atoms with Gasteiger partial charge in [0.1, 0.15) is 5.82 Å². The molecule has 0 fully saturated rings. The Labute approximate surface area is 167 Å². The van der Waals surface area contributed by atoms with Gasteiger partial charge in [0.2, 0.25) is 10.0 Å². The van der Waals surface area contributed by atoms with E-state index < -0.39 is 21.7 Å². The topological polar surface area (TPSA) is 84.9 Å². The van der Waals surface area contributed by atoms with Gasteiger partial charge in [-0.1, -0.05) is 17.7 Å². The molecule has 0 saturated heterocycles. The number of carbonyl (C=O) groups excluding carboxylic acids is 1. The van der Waals surface area contributed by atoms with Crippen molar-refractivity contribution in [1.82, 2.24) is 9.62 Å². The van der Waals surface area contributed by atoms with Gasteiger partial charge in [0, 0.05) is 24.7 Å². The van der Waals surface area contributed by atoms with Crippen molar-refractivity contribution in [2.45, 2.75) is 18.0 Å². The van der Waals surface area contributed by atoms with Crippen molar-refractivity contribution in [3.05, 3.63) is 51.8 Å². The summed E-state index contributed by atoms with van der Waals surface area (Å²) in [7, 11) is 0.171. The Kier molecular flexibility index (Phi) is 5.51. The quantitative estimate of drug-likeness (QED) is 0.764. The molecular formula is C18H18ClFN2O5S. The lowest BCUT2D eigenvalue weighted by molar-refractivity contribution is 0.0763. The monoisotopic (exact) mass is 428 g/mol. The van der Waals surface area contributed by atoms with Crippen LogP contribution in [0.4, 0.5) is 4.39 Å². The highest BCUT2D eigenvalue weighted by atomic mass is 35.5. The summed E-state index contributed by atoms with van der Waals surface area (Å²) in [5.74, 6) is -0.679. The van der Waals surface area contributed by atoms with Crippen LogP contribution in [0.15, 0.2) is 29.2 Å². The number of benzene rings is 2. The molecule has 150 valence electrons. The molecule has 10 heteroatoms. The van der Waals surface area contributed by atoms with E-state index in [9.17, 15) is 17.6 Å². The summed E-state index contributed by atoms with van der Waals surface area (Å²) >= 11 is 5.81. The highest BCUT2D eigenvalue weighted by Gasteiger charge is 2.37. The van der Waals surface area contributed by atoms with E-state index in [1.807, 2.05) is 0 Å². The molecule has 28 heavy (non-hydrogen) atoms. The second-order valence-corrected chi connectivity index (χ2v) is 8.34. The molecule has 0 radical (unpaired) electrons. The molecule has 1 heterocycles. The van der Waals surface area contributed by atoms with Gasteiger partial charge in [0.05, 0.1) is 29.7 Å². The fourth-order valence-electron chi connectivity index (χ4n) is 3.15. The highest BCUT2D eigenvalue weighted by Crippen LogP contribution is 2.42. The van der Waals surface area contributed by atoms with E-state index in [1.165, 1.54) is 50.4 Å². The first kappa shape index (κ1) is 20.4. The maximum absolute atomic E-state index is 13.4. The fraction of sp³-hybridized carbons (Fsp3) is 0.278. The maximum atomic E-state index is 13.4. The van der Waals surface area contributed by atoms with Crippen molar-refractivity contribution in [1.29, 1.82) is 0 Å². The van der Waals surface area contributed by atoms with E-state index in [1.54, 1.807) is 0 Å². The van der Waals surface area contributed by atoms with Crippen LogP contribution in [0.5, 0.6) is 11.5 Å². The Morgan fingerprint density at radius 2 is 1.96 bits per heavy atom. The molecule has 0 atom stereocenters. The van der Waals surface area contributed by atoms with Gasteiger partial charge >= 0.3 is 0 Å². The Morgan fingerprint density at radius 1 is 1.25 bits per heavy atom. The maximum Gasteiger partial charge on any atom is 0.258 e. The molecule has 1 amide bonds. The zero-order chi connectivity index (χ0) is 20.6. The number of nitrogens with zero attached hydrogens (tertiary/aromatic N) is 1. The van der Waals surface area contributed by atoms with Crippen LogP contribution in [0.3, 0.4) is 0 Å². The van der Waals surface area contributed by atoms with Crippen LogP contribution in [0.2, 0.25) is 5.02 Å². The van der Waals surface area contributed by atoms with Gasteiger partial charge in [-0.3, -0.25) is 4.79 Å². The van der Waals surface area contributed by atoms with Gasteiger partial charge < -0.3 is 14.4 Å². The van der Waals surface area contributed by atoms with Crippen molar-refractivity contribution >= 4 is 27.5 Å². The van der Waals surface area contributed by atoms with Crippen LogP contribution < -0.4 is 14.2 Å². The molecule has 1 N–H and O–H groups in total. The number of carbonyl (C=O) groups is 1. The first-order valence-corrected chi connectivity index (χ1v) is 10.0. The zero-order valence-electron chi connectivity index (χ0n) is 15.4. The van der Waals surface area contributed by atoms with Crippen LogP contribution in [0.25, 0.3) is 0 Å². The summed E-state index contributed by atoms with van der Waals surface area (Å²) < 4.78 is 51.2. The van der Waals surface area contributed by atoms with E-state index in [0.717, 1.165) is 0 Å². The molecule has 0 bridgehead atoms. The summed E-state index contributed by atoms with van der Waals surface area (Å²) in [6.45, 7) is 0.164. The third kappa shape index (κ3) is 3.41. The lowest BCUT2D eigenvalue weighted by Crippen LogP contribution is -2.23. The fourth-order valence-corrected chi connectivity index (χ4v) is 4.33. The Hall–Kier alpha value is -2.36. The molecule has 0 aromatic heterocycles. The SMILES string of the molecule is CNS(=O)(=O)c1cc(OC)c(OC)c2c1CN(Cc1ccc(F)c(Cl)c1)C2=O. The number of ether oxygens (including phenoxy) is 2. The van der Waals surface area contributed by atoms with Crippen molar-refractivity contribution in [2.24, 2.45) is 0 Å². The normalized spacial score (nSPS) is 13.6. The molecule has 0 spiro atoms. The van der Waals surface area contributed by atoms with Gasteiger partial charge in [0.25, 0.3) is 5.91 Å². The van der Waals surface area contributed by atoms with Gasteiger partial charge in [-0.25, -0.2) is 17.5 Å². The molecular weight excluding hydrogens is 411 g/mol. The standard InChI is InChI=1S/C18H18ClFN2O5S/c1-21-28(24,25)15-7-14(26-2)17(27-3)16-11(15)9-22(18(16)23)8-10-4-5-13(20)12(19)6-10/h4-7,21H,8-9H2,1-3H3. The molecule has 2 aromatic carbocycles. The molecule has 0 saturated carbocycles. The Morgan fingerprint density at radius 3 is 2.54 bits per heavy atom.